The van der Waals surface area contributed by atoms with Gasteiger partial charge in [-0.1, -0.05) is 36.4 Å². The highest BCUT2D eigenvalue weighted by Crippen LogP contribution is 2.25. The van der Waals surface area contributed by atoms with Crippen LogP contribution in [0.15, 0.2) is 97.1 Å². The molecule has 0 aliphatic carbocycles. The summed E-state index contributed by atoms with van der Waals surface area (Å²) in [4.78, 5) is 12.1. The van der Waals surface area contributed by atoms with E-state index < -0.39 is 34.7 Å². The lowest BCUT2D eigenvalue weighted by molar-refractivity contribution is 0.101. The minimum atomic E-state index is -0.892. The van der Waals surface area contributed by atoms with E-state index in [-0.39, 0.29) is 20.5 Å². The minimum absolute atomic E-state index is 0. The Morgan fingerprint density at radius 2 is 1.11 bits per heavy atom. The molecule has 55 heavy (non-hydrogen) atoms. The van der Waals surface area contributed by atoms with Crippen LogP contribution in [0.3, 0.4) is 0 Å². The van der Waals surface area contributed by atoms with Gasteiger partial charge in [0, 0.05) is 58.2 Å². The van der Waals surface area contributed by atoms with Crippen molar-refractivity contribution in [2.75, 3.05) is 23.8 Å². The van der Waals surface area contributed by atoms with E-state index in [2.05, 4.69) is 27.8 Å². The van der Waals surface area contributed by atoms with Crippen LogP contribution in [0.2, 0.25) is 0 Å². The molecule has 1 saturated heterocycles. The number of carbonyl (C=O) groups excluding carboxylic acids is 1. The van der Waals surface area contributed by atoms with Gasteiger partial charge in [-0.05, 0) is 112 Å². The maximum absolute atomic E-state index is 13.7. The lowest BCUT2D eigenvalue weighted by Crippen LogP contribution is -2.15. The fourth-order valence-corrected chi connectivity index (χ4v) is 5.83. The zero-order valence-electron chi connectivity index (χ0n) is 31.4. The van der Waals surface area contributed by atoms with Crippen molar-refractivity contribution in [2.24, 2.45) is 0 Å². The lowest BCUT2D eigenvalue weighted by atomic mass is 10.1. The third kappa shape index (κ3) is 11.2. The number of carbonyl (C=O) groups is 1. The number of aromatic nitrogens is 4. The number of hydrogen-bond acceptors (Lipinski definition) is 5. The predicted octanol–water partition coefficient (Wildman–Crippen LogP) is 9.59. The van der Waals surface area contributed by atoms with E-state index in [9.17, 15) is 22.4 Å². The minimum Gasteiger partial charge on any atom is -0.381 e. The summed E-state index contributed by atoms with van der Waals surface area (Å²) in [5.41, 5.74) is 6.63. The van der Waals surface area contributed by atoms with E-state index in [1.54, 1.807) is 12.1 Å². The van der Waals surface area contributed by atoms with Gasteiger partial charge in [-0.15, -0.1) is 0 Å². The largest absolute Gasteiger partial charge is 0.381 e. The van der Waals surface area contributed by atoms with Crippen molar-refractivity contribution < 1.29 is 27.1 Å². The van der Waals surface area contributed by atoms with Crippen LogP contribution in [0.1, 0.15) is 54.0 Å². The number of nitrogens with one attached hydrogen (secondary N) is 2. The molecule has 7 rings (SSSR count). The molecule has 13 heteroatoms. The summed E-state index contributed by atoms with van der Waals surface area (Å²) in [6, 6.07) is 26.0. The summed E-state index contributed by atoms with van der Waals surface area (Å²) >= 11 is 0. The van der Waals surface area contributed by atoms with Crippen molar-refractivity contribution in [3.05, 3.63) is 143 Å². The van der Waals surface area contributed by atoms with E-state index in [0.29, 0.717) is 5.69 Å². The van der Waals surface area contributed by atoms with Crippen LogP contribution in [0, 0.1) is 37.1 Å². The molecule has 3 radical (unpaired) electrons. The highest BCUT2D eigenvalue weighted by atomic mass is 19.1. The van der Waals surface area contributed by atoms with Crippen molar-refractivity contribution in [1.82, 2.24) is 19.6 Å². The van der Waals surface area contributed by atoms with Gasteiger partial charge in [0.25, 0.3) is 5.91 Å². The number of aryl methyl sites for hydroxylation is 4. The van der Waals surface area contributed by atoms with Gasteiger partial charge in [0.05, 0.1) is 22.8 Å². The summed E-state index contributed by atoms with van der Waals surface area (Å²) in [7, 11) is 0. The summed E-state index contributed by atoms with van der Waals surface area (Å²) in [5.74, 6) is -3.69. The first-order valence-electron chi connectivity index (χ1n) is 17.9. The van der Waals surface area contributed by atoms with Crippen LogP contribution in [-0.4, -0.2) is 47.1 Å². The topological polar surface area (TPSA) is 86.0 Å². The van der Waals surface area contributed by atoms with Crippen molar-refractivity contribution in [3.8, 4) is 22.5 Å². The highest BCUT2D eigenvalue weighted by molar-refractivity contribution is 6.04. The molecular weight excluding hydrogens is 707 g/mol. The van der Waals surface area contributed by atoms with E-state index >= 15 is 0 Å². The quantitative estimate of drug-likeness (QED) is 0.114. The molecule has 2 aromatic heterocycles. The Kier molecular flexibility index (Phi) is 15.4. The second kappa shape index (κ2) is 20.1. The van der Waals surface area contributed by atoms with Gasteiger partial charge in [-0.25, -0.2) is 17.6 Å². The second-order valence-corrected chi connectivity index (χ2v) is 12.6. The second-order valence-electron chi connectivity index (χ2n) is 12.6. The monoisotopic (exact) mass is 751 g/mol. The molecule has 6 aromatic rings. The zero-order chi connectivity index (χ0) is 38.6. The molecule has 3 heterocycles. The normalized spacial score (nSPS) is 11.8. The maximum atomic E-state index is 13.7. The molecule has 0 saturated carbocycles. The fraction of sp³-hybridized carbons (Fsp3) is 0.262. The number of halogens is 4. The number of ether oxygens (including phenoxy) is 1. The Balaban J connectivity index is 0.000000213. The fourth-order valence-electron chi connectivity index (χ4n) is 5.83. The molecule has 1 fully saturated rings. The van der Waals surface area contributed by atoms with Crippen molar-refractivity contribution >= 4 is 25.7 Å². The van der Waals surface area contributed by atoms with Gasteiger partial charge in [0.15, 0.2) is 0 Å². The molecular formula is C42H44BF4N6O2. The Labute approximate surface area is 321 Å². The average Bonchev–Trinajstić information content (AvgIpc) is 3.95. The molecule has 0 bridgehead atoms. The average molecular weight is 752 g/mol. The summed E-state index contributed by atoms with van der Waals surface area (Å²) in [6.45, 7) is 11.6. The molecule has 0 spiro atoms. The van der Waals surface area contributed by atoms with E-state index in [1.165, 1.54) is 37.1 Å². The van der Waals surface area contributed by atoms with Crippen LogP contribution >= 0.6 is 0 Å². The SMILES string of the molecule is C1CCOC1.CCn1nc(C)cc1-c1ccc(NC(=O)c2c(F)cccc2F)cc1.CCn1nc(C)cc1-c1ccc(NCc2c(F)cccc2F)cc1.[B]. The Morgan fingerprint density at radius 3 is 1.53 bits per heavy atom. The van der Waals surface area contributed by atoms with Crippen LogP contribution in [-0.2, 0) is 24.4 Å². The molecule has 1 aliphatic rings. The van der Waals surface area contributed by atoms with E-state index in [1.807, 2.05) is 78.7 Å². The molecule has 1 aliphatic heterocycles. The van der Waals surface area contributed by atoms with Crippen molar-refractivity contribution in [1.29, 1.82) is 0 Å². The molecule has 2 N–H and O–H groups in total. The van der Waals surface area contributed by atoms with Crippen LogP contribution < -0.4 is 10.6 Å². The summed E-state index contributed by atoms with van der Waals surface area (Å²) in [5, 5.41) is 14.4. The molecule has 8 nitrogen and oxygen atoms in total. The number of anilines is 2. The number of amides is 1. The van der Waals surface area contributed by atoms with Gasteiger partial charge in [0.2, 0.25) is 0 Å². The van der Waals surface area contributed by atoms with Crippen molar-refractivity contribution in [3.63, 3.8) is 0 Å². The Hall–Kier alpha value is -5.69. The molecule has 0 atom stereocenters. The van der Waals surface area contributed by atoms with Gasteiger partial charge < -0.3 is 15.4 Å². The molecule has 1 amide bonds. The third-order valence-corrected chi connectivity index (χ3v) is 8.57. The summed E-state index contributed by atoms with van der Waals surface area (Å²) in [6.07, 6.45) is 2.56. The first-order chi connectivity index (χ1) is 26.1. The molecule has 4 aromatic carbocycles. The standard InChI is InChI=1S/C19H17F2N3O.C19H19F2N3.C4H8O.B/c1-3-24-17(11-12(2)23-24)13-7-9-14(10-8-13)22-19(25)18-15(20)5-4-6-16(18)21;1-3-24-19(11-13(2)23-24)14-7-9-15(10-8-14)22-12-16-17(20)5-4-6-18(16)21;1-2-4-5-3-1;/h4-11H,3H2,1-2H3,(H,22,25);4-11,22H,3,12H2,1-2H3;1-4H2;. The van der Waals surface area contributed by atoms with Gasteiger partial charge in [0.1, 0.15) is 28.8 Å². The predicted molar refractivity (Wildman–Crippen MR) is 210 cm³/mol. The number of benzene rings is 4. The highest BCUT2D eigenvalue weighted by Gasteiger charge is 2.17. The molecule has 0 unspecified atom stereocenters. The Morgan fingerprint density at radius 1 is 0.673 bits per heavy atom. The van der Waals surface area contributed by atoms with Crippen molar-refractivity contribution in [2.45, 2.75) is 60.2 Å². The van der Waals surface area contributed by atoms with Crippen LogP contribution in [0.4, 0.5) is 28.9 Å². The lowest BCUT2D eigenvalue weighted by Gasteiger charge is -2.10. The Bertz CT molecular complexity index is 2100. The van der Waals surface area contributed by atoms with Gasteiger partial charge in [-0.3, -0.25) is 14.2 Å². The first kappa shape index (κ1) is 42.1. The molecule has 285 valence electrons. The summed E-state index contributed by atoms with van der Waals surface area (Å²) < 4.78 is 63.4. The third-order valence-electron chi connectivity index (χ3n) is 8.57. The number of nitrogens with zero attached hydrogens (tertiary/aromatic N) is 4. The van der Waals surface area contributed by atoms with Crippen LogP contribution in [0.5, 0.6) is 0 Å². The smallest absolute Gasteiger partial charge is 0.261 e. The van der Waals surface area contributed by atoms with Gasteiger partial charge in [-0.2, -0.15) is 10.2 Å². The maximum Gasteiger partial charge on any atom is 0.261 e. The number of rotatable bonds is 9. The van der Waals surface area contributed by atoms with E-state index in [4.69, 9.17) is 4.74 Å². The van der Waals surface area contributed by atoms with E-state index in [0.717, 1.165) is 78.0 Å². The zero-order valence-corrected chi connectivity index (χ0v) is 31.4. The first-order valence-corrected chi connectivity index (χ1v) is 17.9. The number of hydrogen-bond donors (Lipinski definition) is 2. The van der Waals surface area contributed by atoms with Crippen LogP contribution in [0.25, 0.3) is 22.5 Å². The van der Waals surface area contributed by atoms with Gasteiger partial charge >= 0.3 is 0 Å².